The van der Waals surface area contributed by atoms with Crippen LogP contribution >= 0.6 is 0 Å². The van der Waals surface area contributed by atoms with Crippen molar-refractivity contribution in [3.05, 3.63) is 0 Å². The van der Waals surface area contributed by atoms with Crippen molar-refractivity contribution in [3.8, 4) is 0 Å². The van der Waals surface area contributed by atoms with Gasteiger partial charge in [-0.2, -0.15) is 39.5 Å². The minimum Gasteiger partial charge on any atom is -1.00 e. The Hall–Kier alpha value is -0.910. The van der Waals surface area contributed by atoms with Crippen molar-refractivity contribution < 1.29 is 61.2 Å². The van der Waals surface area contributed by atoms with Crippen LogP contribution in [0.3, 0.4) is 0 Å². The summed E-state index contributed by atoms with van der Waals surface area (Å²) in [5.74, 6) is -19.9. The highest BCUT2D eigenvalue weighted by molar-refractivity contribution is 5.75. The molecule has 0 saturated heterocycles. The zero-order valence-corrected chi connectivity index (χ0v) is 22.2. The third-order valence-electron chi connectivity index (χ3n) is 6.52. The molecular weight excluding hydrogens is 527 g/mol. The first kappa shape index (κ1) is 37.2. The van der Waals surface area contributed by atoms with Crippen molar-refractivity contribution in [2.75, 3.05) is 20.3 Å². The van der Waals surface area contributed by atoms with Gasteiger partial charge in [-0.05, 0) is 13.3 Å². The van der Waals surface area contributed by atoms with Crippen LogP contribution in [0.15, 0.2) is 0 Å². The summed E-state index contributed by atoms with van der Waals surface area (Å²) in [4.78, 5) is 12.2. The molecule has 0 radical (unpaired) electrons. The maximum absolute atomic E-state index is 14.8. The van der Waals surface area contributed by atoms with Gasteiger partial charge in [0.25, 0.3) is 0 Å². The van der Waals surface area contributed by atoms with E-state index < -0.39 is 53.5 Å². The first-order valence-electron chi connectivity index (χ1n) is 12.3. The predicted molar refractivity (Wildman–Crippen MR) is 117 cm³/mol. The van der Waals surface area contributed by atoms with Crippen LogP contribution in [0.2, 0.25) is 0 Å². The number of hydrogen-bond acceptors (Lipinski definition) is 1. The first-order valence-corrected chi connectivity index (χ1v) is 12.3. The molecule has 0 aliphatic rings. The van der Waals surface area contributed by atoms with E-state index in [1.807, 2.05) is 0 Å². The maximum atomic E-state index is 14.8. The summed E-state index contributed by atoms with van der Waals surface area (Å²) in [6.45, 7) is 3.81. The van der Waals surface area contributed by atoms with E-state index in [0.29, 0.717) is 6.42 Å². The number of amides is 1. The van der Waals surface area contributed by atoms with Crippen LogP contribution < -0.4 is 17.7 Å². The molecule has 1 N–H and O–H groups in total. The monoisotopic (exact) mass is 566 g/mol. The Bertz CT molecular complexity index is 633. The Morgan fingerprint density at radius 2 is 1.22 bits per heavy atom. The van der Waals surface area contributed by atoms with Crippen molar-refractivity contribution >= 4 is 5.91 Å². The maximum Gasteiger partial charge on any atom is 0.460 e. The molecule has 3 nitrogen and oxygen atoms in total. The summed E-state index contributed by atoms with van der Waals surface area (Å²) in [5.41, 5.74) is 0. The van der Waals surface area contributed by atoms with Crippen molar-refractivity contribution in [2.45, 2.75) is 121 Å². The molecule has 0 aromatic carbocycles. The summed E-state index contributed by atoms with van der Waals surface area (Å²) in [6.07, 6.45) is 0.0462. The number of hydrogen-bond donors (Lipinski definition) is 1. The van der Waals surface area contributed by atoms with Crippen molar-refractivity contribution in [1.82, 2.24) is 5.32 Å². The third-order valence-corrected chi connectivity index (χ3v) is 6.52. The fraction of sp³-hybridized carbons (Fsp3) is 0.957. The third kappa shape index (κ3) is 9.44. The van der Waals surface area contributed by atoms with Gasteiger partial charge in [-0.15, -0.1) is 0 Å². The van der Waals surface area contributed by atoms with E-state index in [2.05, 4.69) is 12.2 Å². The Morgan fingerprint density at radius 1 is 0.750 bits per heavy atom. The molecule has 0 aliphatic carbocycles. The Kier molecular flexibility index (Phi) is 16.0. The molecule has 1 amide bonds. The van der Waals surface area contributed by atoms with Crippen LogP contribution in [0.5, 0.6) is 0 Å². The Balaban J connectivity index is 0. The van der Waals surface area contributed by atoms with Gasteiger partial charge >= 0.3 is 23.9 Å². The molecular formula is C23H40ClF9N2O. The van der Waals surface area contributed by atoms with E-state index >= 15 is 0 Å². The van der Waals surface area contributed by atoms with E-state index in [1.54, 1.807) is 0 Å². The standard InChI is InChI=1S/C23H39F9N2O.ClH/c1-5-8-9-10-11-12-13-14-16-19(35)33-17-34(4,7-3)18(15-6-2)20(24,25)21(26,27)22(28,29)23(30,31)32;/h18H,5-17H2,1-4H3;1H. The molecule has 2 atom stereocenters. The number of unbranched alkanes of at least 4 members (excludes halogenated alkanes) is 7. The van der Waals surface area contributed by atoms with E-state index in [9.17, 15) is 44.3 Å². The summed E-state index contributed by atoms with van der Waals surface area (Å²) < 4.78 is 122. The minimum absolute atomic E-state index is 0. The van der Waals surface area contributed by atoms with Crippen LogP contribution in [-0.2, 0) is 4.79 Å². The number of alkyl halides is 9. The molecule has 0 fully saturated rings. The second kappa shape index (κ2) is 15.5. The van der Waals surface area contributed by atoms with E-state index in [0.717, 1.165) is 52.0 Å². The molecule has 0 heterocycles. The summed E-state index contributed by atoms with van der Waals surface area (Å²) in [7, 11) is 1.03. The molecule has 0 aromatic heterocycles. The second-order valence-electron chi connectivity index (χ2n) is 9.35. The number of carbonyl (C=O) groups excluding carboxylic acids is 1. The fourth-order valence-corrected chi connectivity index (χ4v) is 3.97. The van der Waals surface area contributed by atoms with Gasteiger partial charge in [-0.3, -0.25) is 4.79 Å². The lowest BCUT2D eigenvalue weighted by Crippen LogP contribution is -3.00. The summed E-state index contributed by atoms with van der Waals surface area (Å²) in [6, 6.07) is -2.59. The zero-order chi connectivity index (χ0) is 27.6. The fourth-order valence-electron chi connectivity index (χ4n) is 3.97. The average Bonchev–Trinajstić information content (AvgIpc) is 2.76. The molecule has 0 aliphatic heterocycles. The topological polar surface area (TPSA) is 29.1 Å². The Labute approximate surface area is 214 Å². The number of nitrogens with zero attached hydrogens (tertiary/aromatic N) is 1. The quantitative estimate of drug-likeness (QED) is 0.111. The second-order valence-corrected chi connectivity index (χ2v) is 9.35. The molecule has 2 unspecified atom stereocenters. The number of nitrogens with one attached hydrogen (secondary N) is 1. The molecule has 218 valence electrons. The lowest BCUT2D eigenvalue weighted by molar-refractivity contribution is -0.944. The van der Waals surface area contributed by atoms with E-state index in [1.165, 1.54) is 13.8 Å². The average molecular weight is 567 g/mol. The zero-order valence-electron chi connectivity index (χ0n) is 21.4. The lowest BCUT2D eigenvalue weighted by atomic mass is 9.91. The molecule has 0 spiro atoms. The van der Waals surface area contributed by atoms with Gasteiger partial charge in [0.1, 0.15) is 0 Å². The molecule has 0 bridgehead atoms. The number of rotatable bonds is 18. The highest BCUT2D eigenvalue weighted by atomic mass is 35.5. The van der Waals surface area contributed by atoms with Gasteiger partial charge < -0.3 is 22.2 Å². The van der Waals surface area contributed by atoms with Crippen molar-refractivity contribution in [1.29, 1.82) is 0 Å². The number of halogens is 10. The van der Waals surface area contributed by atoms with Crippen molar-refractivity contribution in [2.24, 2.45) is 0 Å². The van der Waals surface area contributed by atoms with Crippen LogP contribution in [0, 0.1) is 0 Å². The summed E-state index contributed by atoms with van der Waals surface area (Å²) in [5, 5.41) is 2.37. The number of carbonyl (C=O) groups is 1. The van der Waals surface area contributed by atoms with Gasteiger partial charge in [0, 0.05) is 12.8 Å². The SMILES string of the molecule is CCCCCCCCCCC(=O)NC[N+](C)(CC)C(CCC)C(F)(F)C(F)(F)C(F)(F)C(F)(F)F.[Cl-]. The van der Waals surface area contributed by atoms with Crippen LogP contribution in [0.25, 0.3) is 0 Å². The largest absolute Gasteiger partial charge is 1.00 e. The highest BCUT2D eigenvalue weighted by Gasteiger charge is 2.84. The lowest BCUT2D eigenvalue weighted by Gasteiger charge is -2.46. The van der Waals surface area contributed by atoms with Crippen LogP contribution in [0.4, 0.5) is 39.5 Å². The van der Waals surface area contributed by atoms with E-state index in [4.69, 9.17) is 0 Å². The van der Waals surface area contributed by atoms with Gasteiger partial charge in [-0.1, -0.05) is 65.2 Å². The highest BCUT2D eigenvalue weighted by Crippen LogP contribution is 2.55. The number of quaternary nitrogens is 1. The van der Waals surface area contributed by atoms with Gasteiger partial charge in [0.2, 0.25) is 5.91 Å². The normalized spacial score (nSPS) is 15.7. The van der Waals surface area contributed by atoms with E-state index in [-0.39, 0.29) is 31.8 Å². The minimum atomic E-state index is -6.94. The Morgan fingerprint density at radius 3 is 1.64 bits per heavy atom. The van der Waals surface area contributed by atoms with Crippen LogP contribution in [0.1, 0.15) is 91.4 Å². The molecule has 0 saturated carbocycles. The predicted octanol–water partition coefficient (Wildman–Crippen LogP) is 4.70. The van der Waals surface area contributed by atoms with Gasteiger partial charge in [-0.25, -0.2) is 0 Å². The molecule has 0 rings (SSSR count). The van der Waals surface area contributed by atoms with Crippen molar-refractivity contribution in [3.63, 3.8) is 0 Å². The molecule has 13 heteroatoms. The summed E-state index contributed by atoms with van der Waals surface area (Å²) >= 11 is 0. The molecule has 0 aromatic rings. The van der Waals surface area contributed by atoms with Gasteiger partial charge in [0.15, 0.2) is 12.7 Å². The molecule has 36 heavy (non-hydrogen) atoms. The first-order chi connectivity index (χ1) is 16.0. The smallest absolute Gasteiger partial charge is 0.460 e. The van der Waals surface area contributed by atoms with Gasteiger partial charge in [0.05, 0.1) is 13.6 Å². The van der Waals surface area contributed by atoms with Crippen LogP contribution in [-0.4, -0.2) is 60.6 Å².